The lowest BCUT2D eigenvalue weighted by molar-refractivity contribution is -0.118. The summed E-state index contributed by atoms with van der Waals surface area (Å²) >= 11 is 1.06. The fourth-order valence-electron chi connectivity index (χ4n) is 3.40. The number of thiazole rings is 1. The molecule has 11 heteroatoms. The minimum absolute atomic E-state index is 0.0452. The number of esters is 1. The lowest BCUT2D eigenvalue weighted by Crippen LogP contribution is -2.39. The monoisotopic (exact) mass is 508 g/mol. The molecule has 2 aromatic heterocycles. The van der Waals surface area contributed by atoms with Crippen LogP contribution in [0.15, 0.2) is 36.7 Å². The Hall–Kier alpha value is -4.04. The molecule has 0 spiro atoms. The maximum atomic E-state index is 13.0. The van der Waals surface area contributed by atoms with Gasteiger partial charge in [0.15, 0.2) is 5.13 Å². The normalized spacial score (nSPS) is 11.6. The second-order valence-electron chi connectivity index (χ2n) is 8.54. The molecular weight excluding hydrogens is 480 g/mol. The summed E-state index contributed by atoms with van der Waals surface area (Å²) in [5.74, 6) is -1.23. The van der Waals surface area contributed by atoms with Crippen LogP contribution in [-0.4, -0.2) is 51.7 Å². The average Bonchev–Trinajstić information content (AvgIpc) is 3.44. The van der Waals surface area contributed by atoms with Crippen LogP contribution in [0, 0.1) is 18.3 Å². The number of hydrogen-bond donors (Lipinski definition) is 1. The van der Waals surface area contributed by atoms with Gasteiger partial charge in [-0.15, -0.1) is 0 Å². The lowest BCUT2D eigenvalue weighted by Gasteiger charge is -2.19. The van der Waals surface area contributed by atoms with Gasteiger partial charge in [0.25, 0.3) is 5.91 Å². The molecule has 10 nitrogen and oxygen atoms in total. The molecule has 188 valence electrons. The second kappa shape index (κ2) is 11.6. The minimum Gasteiger partial charge on any atom is -0.459 e. The molecule has 0 bridgehead atoms. The van der Waals surface area contributed by atoms with Gasteiger partial charge in [0.05, 0.1) is 36.5 Å². The number of ether oxygens (including phenoxy) is 1. The van der Waals surface area contributed by atoms with E-state index in [2.05, 4.69) is 15.4 Å². The summed E-state index contributed by atoms with van der Waals surface area (Å²) in [4.78, 5) is 44.1. The summed E-state index contributed by atoms with van der Waals surface area (Å²) in [6, 6.07) is 8.37. The Kier molecular flexibility index (Phi) is 8.55. The third-order valence-corrected chi connectivity index (χ3v) is 6.45. The molecule has 0 fully saturated rings. The van der Waals surface area contributed by atoms with Gasteiger partial charge in [0.2, 0.25) is 5.91 Å². The van der Waals surface area contributed by atoms with E-state index in [1.54, 1.807) is 56.9 Å². The predicted octanol–water partition coefficient (Wildman–Crippen LogP) is 3.48. The van der Waals surface area contributed by atoms with Crippen LogP contribution in [0.25, 0.3) is 11.1 Å². The van der Waals surface area contributed by atoms with E-state index >= 15 is 0 Å². The van der Waals surface area contributed by atoms with Crippen LogP contribution in [0.3, 0.4) is 0 Å². The fraction of sp³-hybridized carbons (Fsp3) is 0.360. The third kappa shape index (κ3) is 6.55. The van der Waals surface area contributed by atoms with E-state index in [-0.39, 0.29) is 30.8 Å². The molecule has 1 N–H and O–H groups in total. The molecule has 0 unspecified atom stereocenters. The average molecular weight is 509 g/mol. The summed E-state index contributed by atoms with van der Waals surface area (Å²) in [6.45, 7) is 5.18. The third-order valence-electron chi connectivity index (χ3n) is 5.23. The van der Waals surface area contributed by atoms with Gasteiger partial charge in [-0.25, -0.2) is 9.78 Å². The van der Waals surface area contributed by atoms with Gasteiger partial charge in [-0.1, -0.05) is 23.5 Å². The number of aromatic nitrogens is 3. The molecule has 0 aliphatic heterocycles. The van der Waals surface area contributed by atoms with Crippen molar-refractivity contribution >= 4 is 34.3 Å². The molecule has 0 aliphatic carbocycles. The Bertz CT molecular complexity index is 1310. The van der Waals surface area contributed by atoms with Crippen molar-refractivity contribution in [2.24, 2.45) is 7.05 Å². The number of rotatable bonds is 9. The first-order valence-corrected chi connectivity index (χ1v) is 12.1. The van der Waals surface area contributed by atoms with Gasteiger partial charge in [-0.05, 0) is 38.5 Å². The molecule has 2 heterocycles. The van der Waals surface area contributed by atoms with Crippen molar-refractivity contribution < 1.29 is 19.1 Å². The Morgan fingerprint density at radius 1 is 1.28 bits per heavy atom. The SMILES string of the molecule is Cc1nc(N(C)C(=O)C[C@H](CC#N)NC(=O)c2cccc(-c3cnn(C)c3)c2)sc1C(=O)OC(C)C. The van der Waals surface area contributed by atoms with Crippen LogP contribution < -0.4 is 10.2 Å². The topological polar surface area (TPSA) is 130 Å². The number of carbonyl (C=O) groups is 3. The smallest absolute Gasteiger partial charge is 0.350 e. The Morgan fingerprint density at radius 3 is 2.67 bits per heavy atom. The highest BCUT2D eigenvalue weighted by Gasteiger charge is 2.25. The summed E-state index contributed by atoms with van der Waals surface area (Å²) < 4.78 is 6.90. The zero-order valence-corrected chi connectivity index (χ0v) is 21.6. The number of hydrogen-bond acceptors (Lipinski definition) is 8. The number of amides is 2. The van der Waals surface area contributed by atoms with Crippen molar-refractivity contribution in [3.05, 3.63) is 52.8 Å². The van der Waals surface area contributed by atoms with Gasteiger partial charge in [0, 0.05) is 37.8 Å². The molecule has 0 saturated carbocycles. The number of nitrogens with zero attached hydrogens (tertiary/aromatic N) is 5. The van der Waals surface area contributed by atoms with E-state index in [4.69, 9.17) is 4.74 Å². The van der Waals surface area contributed by atoms with E-state index in [0.29, 0.717) is 21.3 Å². The fourth-order valence-corrected chi connectivity index (χ4v) is 4.33. The molecule has 1 atom stereocenters. The van der Waals surface area contributed by atoms with Crippen LogP contribution in [-0.2, 0) is 16.6 Å². The molecule has 3 aromatic rings. The Morgan fingerprint density at radius 2 is 2.03 bits per heavy atom. The molecule has 1 aromatic carbocycles. The van der Waals surface area contributed by atoms with E-state index in [1.165, 1.54) is 4.90 Å². The standard InChI is InChI=1S/C25H28N6O4S/c1-15(2)35-24(34)22-16(3)28-25(36-22)31(5)21(32)12-20(9-10-26)29-23(33)18-8-6-7-17(11-18)19-13-27-30(4)14-19/h6-8,11,13-15,20H,9,12H2,1-5H3,(H,29,33)/t20-/m0/s1. The number of carbonyl (C=O) groups excluding carboxylic acids is 3. The summed E-state index contributed by atoms with van der Waals surface area (Å²) in [5, 5.41) is 16.5. The van der Waals surface area contributed by atoms with Crippen molar-refractivity contribution in [2.45, 2.75) is 45.8 Å². The van der Waals surface area contributed by atoms with Gasteiger partial charge in [-0.2, -0.15) is 10.4 Å². The summed E-state index contributed by atoms with van der Waals surface area (Å²) in [7, 11) is 3.35. The number of nitrogens with one attached hydrogen (secondary N) is 1. The van der Waals surface area contributed by atoms with E-state index in [0.717, 1.165) is 22.5 Å². The lowest BCUT2D eigenvalue weighted by atomic mass is 10.0. The van der Waals surface area contributed by atoms with E-state index in [1.807, 2.05) is 25.4 Å². The maximum absolute atomic E-state index is 13.0. The van der Waals surface area contributed by atoms with Gasteiger partial charge < -0.3 is 10.1 Å². The van der Waals surface area contributed by atoms with Gasteiger partial charge in [0.1, 0.15) is 4.88 Å². The van der Waals surface area contributed by atoms with Crippen molar-refractivity contribution in [1.82, 2.24) is 20.1 Å². The minimum atomic E-state index is -0.703. The van der Waals surface area contributed by atoms with Crippen molar-refractivity contribution in [2.75, 3.05) is 11.9 Å². The van der Waals surface area contributed by atoms with E-state index < -0.39 is 12.0 Å². The van der Waals surface area contributed by atoms with Crippen LogP contribution >= 0.6 is 11.3 Å². The number of aryl methyl sites for hydroxylation is 2. The zero-order chi connectivity index (χ0) is 26.4. The molecular formula is C25H28N6O4S. The first-order valence-electron chi connectivity index (χ1n) is 11.3. The number of benzene rings is 1. The second-order valence-corrected chi connectivity index (χ2v) is 9.52. The molecule has 2 amide bonds. The van der Waals surface area contributed by atoms with Gasteiger partial charge in [-0.3, -0.25) is 19.2 Å². The highest BCUT2D eigenvalue weighted by Crippen LogP contribution is 2.27. The molecule has 0 saturated heterocycles. The number of anilines is 1. The van der Waals surface area contributed by atoms with Crippen molar-refractivity contribution in [3.63, 3.8) is 0 Å². The Labute approximate surface area is 213 Å². The van der Waals surface area contributed by atoms with Crippen LogP contribution in [0.4, 0.5) is 5.13 Å². The quantitative estimate of drug-likeness (QED) is 0.438. The van der Waals surface area contributed by atoms with Crippen LogP contribution in [0.5, 0.6) is 0 Å². The van der Waals surface area contributed by atoms with Crippen molar-refractivity contribution in [1.29, 1.82) is 5.26 Å². The maximum Gasteiger partial charge on any atom is 0.350 e. The first-order chi connectivity index (χ1) is 17.1. The molecule has 0 aliphatic rings. The molecule has 0 radical (unpaired) electrons. The van der Waals surface area contributed by atoms with Crippen molar-refractivity contribution in [3.8, 4) is 17.2 Å². The molecule has 3 rings (SSSR count). The first kappa shape index (κ1) is 26.6. The summed E-state index contributed by atoms with van der Waals surface area (Å²) in [6.07, 6.45) is 3.12. The van der Waals surface area contributed by atoms with E-state index in [9.17, 15) is 19.6 Å². The molecule has 36 heavy (non-hydrogen) atoms. The zero-order valence-electron chi connectivity index (χ0n) is 20.8. The highest BCUT2D eigenvalue weighted by atomic mass is 32.1. The van der Waals surface area contributed by atoms with Crippen LogP contribution in [0.1, 0.15) is 52.4 Å². The van der Waals surface area contributed by atoms with Crippen LogP contribution in [0.2, 0.25) is 0 Å². The summed E-state index contributed by atoms with van der Waals surface area (Å²) in [5.41, 5.74) is 2.57. The number of nitriles is 1. The Balaban J connectivity index is 1.69. The predicted molar refractivity (Wildman–Crippen MR) is 136 cm³/mol. The largest absolute Gasteiger partial charge is 0.459 e. The highest BCUT2D eigenvalue weighted by molar-refractivity contribution is 7.17. The van der Waals surface area contributed by atoms with Gasteiger partial charge >= 0.3 is 5.97 Å².